The molecule has 1 rings (SSSR count). The highest BCUT2D eigenvalue weighted by Gasteiger charge is 2.07. The molecule has 0 unspecified atom stereocenters. The van der Waals surface area contributed by atoms with Gasteiger partial charge in [0.25, 0.3) is 0 Å². The van der Waals surface area contributed by atoms with Crippen LogP contribution in [0.15, 0.2) is 16.6 Å². The van der Waals surface area contributed by atoms with E-state index in [0.29, 0.717) is 0 Å². The third-order valence-electron chi connectivity index (χ3n) is 1.21. The summed E-state index contributed by atoms with van der Waals surface area (Å²) in [7, 11) is 1.68. The van der Waals surface area contributed by atoms with E-state index < -0.39 is 0 Å². The standard InChI is InChI=1S/C7H5BrI2O/c1-11-7-5(10)3-2-4(9)6(7)8/h2-3H,1H3. The molecule has 0 amide bonds. The van der Waals surface area contributed by atoms with E-state index in [1.165, 1.54) is 3.57 Å². The van der Waals surface area contributed by atoms with Crippen LogP contribution in [0.25, 0.3) is 0 Å². The first-order chi connectivity index (χ1) is 5.16. The smallest absolute Gasteiger partial charge is 0.147 e. The molecular formula is C7H5BrI2O. The van der Waals surface area contributed by atoms with Crippen LogP contribution in [0.1, 0.15) is 0 Å². The molecule has 0 aromatic heterocycles. The number of benzene rings is 1. The van der Waals surface area contributed by atoms with Gasteiger partial charge in [-0.05, 0) is 73.2 Å². The summed E-state index contributed by atoms with van der Waals surface area (Å²) in [5, 5.41) is 0. The lowest BCUT2D eigenvalue weighted by molar-refractivity contribution is 0.408. The van der Waals surface area contributed by atoms with Gasteiger partial charge in [-0.3, -0.25) is 0 Å². The zero-order valence-electron chi connectivity index (χ0n) is 5.70. The van der Waals surface area contributed by atoms with E-state index >= 15 is 0 Å². The Morgan fingerprint density at radius 3 is 2.27 bits per heavy atom. The molecule has 60 valence electrons. The Morgan fingerprint density at radius 2 is 1.82 bits per heavy atom. The molecule has 0 aliphatic heterocycles. The maximum absolute atomic E-state index is 5.20. The maximum Gasteiger partial charge on any atom is 0.147 e. The van der Waals surface area contributed by atoms with Crippen molar-refractivity contribution < 1.29 is 4.74 Å². The Bertz CT molecular complexity index is 275. The highest BCUT2D eigenvalue weighted by atomic mass is 127. The number of halogens is 3. The normalized spacial score (nSPS) is 9.82. The zero-order chi connectivity index (χ0) is 8.43. The van der Waals surface area contributed by atoms with Crippen molar-refractivity contribution >= 4 is 61.1 Å². The average Bonchev–Trinajstić information content (AvgIpc) is 1.99. The van der Waals surface area contributed by atoms with Crippen LogP contribution in [0.3, 0.4) is 0 Å². The lowest BCUT2D eigenvalue weighted by atomic mass is 10.3. The molecule has 0 fully saturated rings. The van der Waals surface area contributed by atoms with Gasteiger partial charge in [-0.1, -0.05) is 0 Å². The average molecular weight is 439 g/mol. The van der Waals surface area contributed by atoms with Gasteiger partial charge in [0.05, 0.1) is 15.2 Å². The van der Waals surface area contributed by atoms with E-state index in [1.807, 2.05) is 6.07 Å². The van der Waals surface area contributed by atoms with Crippen molar-refractivity contribution in [3.63, 3.8) is 0 Å². The second-order valence-corrected chi connectivity index (χ2v) is 4.99. The Labute approximate surface area is 101 Å². The molecule has 4 heteroatoms. The monoisotopic (exact) mass is 438 g/mol. The molecule has 0 saturated carbocycles. The fourth-order valence-corrected chi connectivity index (χ4v) is 2.67. The van der Waals surface area contributed by atoms with Gasteiger partial charge in [0.2, 0.25) is 0 Å². The molecule has 0 aliphatic carbocycles. The molecule has 0 heterocycles. The molecule has 0 aliphatic rings. The Morgan fingerprint density at radius 1 is 1.27 bits per heavy atom. The van der Waals surface area contributed by atoms with Gasteiger partial charge in [-0.25, -0.2) is 0 Å². The van der Waals surface area contributed by atoms with E-state index in [0.717, 1.165) is 13.8 Å². The van der Waals surface area contributed by atoms with Gasteiger partial charge in [-0.15, -0.1) is 0 Å². The van der Waals surface area contributed by atoms with Gasteiger partial charge in [0, 0.05) is 3.57 Å². The number of methoxy groups -OCH3 is 1. The molecule has 11 heavy (non-hydrogen) atoms. The molecule has 0 atom stereocenters. The van der Waals surface area contributed by atoms with Gasteiger partial charge in [0.1, 0.15) is 5.75 Å². The predicted molar refractivity (Wildman–Crippen MR) is 66.1 cm³/mol. The highest BCUT2D eigenvalue weighted by molar-refractivity contribution is 14.1. The van der Waals surface area contributed by atoms with Crippen LogP contribution in [-0.2, 0) is 0 Å². The minimum atomic E-state index is 0.914. The van der Waals surface area contributed by atoms with Crippen molar-refractivity contribution in [2.24, 2.45) is 0 Å². The lowest BCUT2D eigenvalue weighted by Gasteiger charge is -2.06. The van der Waals surface area contributed by atoms with Crippen molar-refractivity contribution in [2.45, 2.75) is 0 Å². The second-order valence-electron chi connectivity index (χ2n) is 1.88. The first-order valence-corrected chi connectivity index (χ1v) is 5.79. The van der Waals surface area contributed by atoms with E-state index in [2.05, 4.69) is 67.2 Å². The maximum atomic E-state index is 5.20. The fraction of sp³-hybridized carbons (Fsp3) is 0.143. The van der Waals surface area contributed by atoms with Crippen molar-refractivity contribution in [3.8, 4) is 5.75 Å². The molecule has 0 bridgehead atoms. The summed E-state index contributed by atoms with van der Waals surface area (Å²) in [6, 6.07) is 4.08. The summed E-state index contributed by atoms with van der Waals surface area (Å²) in [5.74, 6) is 0.914. The molecule has 0 saturated heterocycles. The Balaban J connectivity index is 3.29. The van der Waals surface area contributed by atoms with Crippen molar-refractivity contribution in [1.29, 1.82) is 0 Å². The van der Waals surface area contributed by atoms with E-state index in [9.17, 15) is 0 Å². The van der Waals surface area contributed by atoms with Gasteiger partial charge >= 0.3 is 0 Å². The summed E-state index contributed by atoms with van der Waals surface area (Å²) >= 11 is 7.96. The van der Waals surface area contributed by atoms with Gasteiger partial charge in [0.15, 0.2) is 0 Å². The van der Waals surface area contributed by atoms with E-state index in [1.54, 1.807) is 7.11 Å². The van der Waals surface area contributed by atoms with Crippen molar-refractivity contribution in [3.05, 3.63) is 23.7 Å². The molecule has 1 aromatic carbocycles. The molecule has 0 radical (unpaired) electrons. The van der Waals surface area contributed by atoms with Crippen LogP contribution in [0, 0.1) is 7.14 Å². The van der Waals surface area contributed by atoms with Crippen LogP contribution in [0.4, 0.5) is 0 Å². The summed E-state index contributed by atoms with van der Waals surface area (Å²) in [5.41, 5.74) is 0. The summed E-state index contributed by atoms with van der Waals surface area (Å²) in [4.78, 5) is 0. The SMILES string of the molecule is COc1c(I)ccc(I)c1Br. The molecular weight excluding hydrogens is 434 g/mol. The first kappa shape index (κ1) is 10.0. The van der Waals surface area contributed by atoms with E-state index in [4.69, 9.17) is 4.74 Å². The molecule has 1 aromatic rings. The summed E-state index contributed by atoms with van der Waals surface area (Å²) in [6.45, 7) is 0. The van der Waals surface area contributed by atoms with Gasteiger partial charge < -0.3 is 4.74 Å². The molecule has 1 nitrogen and oxygen atoms in total. The Kier molecular flexibility index (Phi) is 3.90. The van der Waals surface area contributed by atoms with E-state index in [-0.39, 0.29) is 0 Å². The third kappa shape index (κ3) is 2.21. The topological polar surface area (TPSA) is 9.23 Å². The van der Waals surface area contributed by atoms with Crippen molar-refractivity contribution in [1.82, 2.24) is 0 Å². The highest BCUT2D eigenvalue weighted by Crippen LogP contribution is 2.33. The predicted octanol–water partition coefficient (Wildman–Crippen LogP) is 3.67. The van der Waals surface area contributed by atoms with Crippen LogP contribution < -0.4 is 4.74 Å². The minimum Gasteiger partial charge on any atom is -0.494 e. The van der Waals surface area contributed by atoms with Crippen LogP contribution in [-0.4, -0.2) is 7.11 Å². The summed E-state index contributed by atoms with van der Waals surface area (Å²) < 4.78 is 8.52. The Hall–Kier alpha value is 0.960. The van der Waals surface area contributed by atoms with Crippen LogP contribution in [0.2, 0.25) is 0 Å². The third-order valence-corrected chi connectivity index (χ3v) is 4.48. The quantitative estimate of drug-likeness (QED) is 0.480. The number of ether oxygens (including phenoxy) is 1. The van der Waals surface area contributed by atoms with Crippen molar-refractivity contribution in [2.75, 3.05) is 7.11 Å². The minimum absolute atomic E-state index is 0.914. The number of hydrogen-bond donors (Lipinski definition) is 0. The van der Waals surface area contributed by atoms with Crippen LogP contribution in [0.5, 0.6) is 5.75 Å². The van der Waals surface area contributed by atoms with Crippen LogP contribution >= 0.6 is 61.1 Å². The number of hydrogen-bond acceptors (Lipinski definition) is 1. The zero-order valence-corrected chi connectivity index (χ0v) is 11.6. The number of rotatable bonds is 1. The first-order valence-electron chi connectivity index (χ1n) is 2.84. The van der Waals surface area contributed by atoms with Gasteiger partial charge in [-0.2, -0.15) is 0 Å². The fourth-order valence-electron chi connectivity index (χ4n) is 0.696. The molecule has 0 N–H and O–H groups in total. The second kappa shape index (κ2) is 4.27. The lowest BCUT2D eigenvalue weighted by Crippen LogP contribution is -1.89. The largest absolute Gasteiger partial charge is 0.494 e. The summed E-state index contributed by atoms with van der Waals surface area (Å²) in [6.07, 6.45) is 0. The molecule has 0 spiro atoms.